The van der Waals surface area contributed by atoms with E-state index in [9.17, 15) is 4.39 Å². The number of rotatable bonds is 3. The van der Waals surface area contributed by atoms with Crippen molar-refractivity contribution in [3.8, 4) is 0 Å². The summed E-state index contributed by atoms with van der Waals surface area (Å²) in [5, 5.41) is 0.485. The highest BCUT2D eigenvalue weighted by Crippen LogP contribution is 2.20. The summed E-state index contributed by atoms with van der Waals surface area (Å²) in [6, 6.07) is 3.13. The second-order valence-electron chi connectivity index (χ2n) is 4.29. The lowest BCUT2D eigenvalue weighted by atomic mass is 10.2. The molecular weight excluding hydrogens is 217 g/mol. The minimum Gasteiger partial charge on any atom is -0.372 e. The van der Waals surface area contributed by atoms with Crippen molar-refractivity contribution in [1.82, 2.24) is 4.98 Å². The maximum Gasteiger partial charge on any atom is 0.165 e. The highest BCUT2D eigenvalue weighted by Gasteiger charge is 2.17. The van der Waals surface area contributed by atoms with Crippen molar-refractivity contribution in [3.05, 3.63) is 29.0 Å². The number of hydrogen-bond donors (Lipinski definition) is 0. The molecule has 1 rings (SSSR count). The lowest BCUT2D eigenvalue weighted by molar-refractivity contribution is -0.0303. The van der Waals surface area contributed by atoms with E-state index in [0.29, 0.717) is 10.7 Å². The number of ether oxygens (including phenoxy) is 1. The SMILES string of the molecule is CC(C)(C)OC[C@H](F)c1cc(Cl)ccn1. The molecule has 0 fully saturated rings. The molecule has 0 spiro atoms. The van der Waals surface area contributed by atoms with E-state index >= 15 is 0 Å². The lowest BCUT2D eigenvalue weighted by Crippen LogP contribution is -2.21. The van der Waals surface area contributed by atoms with Crippen LogP contribution in [0.1, 0.15) is 32.6 Å². The summed E-state index contributed by atoms with van der Waals surface area (Å²) < 4.78 is 18.9. The van der Waals surface area contributed by atoms with Crippen LogP contribution >= 0.6 is 11.6 Å². The van der Waals surface area contributed by atoms with E-state index in [1.807, 2.05) is 20.8 Å². The Morgan fingerprint density at radius 2 is 2.20 bits per heavy atom. The average Bonchev–Trinajstić information content (AvgIpc) is 2.13. The molecule has 0 saturated carbocycles. The zero-order chi connectivity index (χ0) is 11.5. The predicted molar refractivity (Wildman–Crippen MR) is 58.8 cm³/mol. The van der Waals surface area contributed by atoms with Gasteiger partial charge in [-0.25, -0.2) is 4.39 Å². The Bertz CT molecular complexity index is 325. The molecule has 1 aromatic rings. The fraction of sp³-hybridized carbons (Fsp3) is 0.545. The van der Waals surface area contributed by atoms with Gasteiger partial charge in [0.1, 0.15) is 0 Å². The number of hydrogen-bond acceptors (Lipinski definition) is 2. The van der Waals surface area contributed by atoms with Gasteiger partial charge in [-0.3, -0.25) is 4.98 Å². The van der Waals surface area contributed by atoms with Gasteiger partial charge < -0.3 is 4.74 Å². The minimum atomic E-state index is -1.23. The van der Waals surface area contributed by atoms with Crippen molar-refractivity contribution in [3.63, 3.8) is 0 Å². The summed E-state index contributed by atoms with van der Waals surface area (Å²) in [6.07, 6.45) is 0.254. The summed E-state index contributed by atoms with van der Waals surface area (Å²) in [7, 11) is 0. The third-order valence-corrected chi connectivity index (χ3v) is 1.96. The summed E-state index contributed by atoms with van der Waals surface area (Å²) in [6.45, 7) is 5.64. The second kappa shape index (κ2) is 4.90. The maximum atomic E-state index is 13.6. The normalized spacial score (nSPS) is 13.9. The summed E-state index contributed by atoms with van der Waals surface area (Å²) in [4.78, 5) is 3.90. The highest BCUT2D eigenvalue weighted by molar-refractivity contribution is 6.30. The maximum absolute atomic E-state index is 13.6. The van der Waals surface area contributed by atoms with E-state index in [4.69, 9.17) is 16.3 Å². The van der Waals surface area contributed by atoms with Gasteiger partial charge in [0, 0.05) is 11.2 Å². The first kappa shape index (κ1) is 12.4. The fourth-order valence-corrected chi connectivity index (χ4v) is 1.17. The van der Waals surface area contributed by atoms with Crippen LogP contribution in [0.4, 0.5) is 4.39 Å². The third kappa shape index (κ3) is 4.58. The van der Waals surface area contributed by atoms with Crippen molar-refractivity contribution in [2.45, 2.75) is 32.5 Å². The molecule has 0 N–H and O–H groups in total. The van der Waals surface area contributed by atoms with Gasteiger partial charge >= 0.3 is 0 Å². The number of pyridine rings is 1. The van der Waals surface area contributed by atoms with Crippen molar-refractivity contribution in [1.29, 1.82) is 0 Å². The molecule has 0 amide bonds. The molecule has 1 atom stereocenters. The summed E-state index contributed by atoms with van der Waals surface area (Å²) in [5.41, 5.74) is -0.0325. The standard InChI is InChI=1S/C11H15ClFNO/c1-11(2,3)15-7-9(13)10-6-8(12)4-5-14-10/h4-6,9H,7H2,1-3H3/t9-/m0/s1. The van der Waals surface area contributed by atoms with E-state index in [2.05, 4.69) is 4.98 Å². The number of halogens is 2. The van der Waals surface area contributed by atoms with Crippen LogP contribution < -0.4 is 0 Å². The van der Waals surface area contributed by atoms with Crippen LogP contribution in [0.15, 0.2) is 18.3 Å². The van der Waals surface area contributed by atoms with E-state index in [0.717, 1.165) is 0 Å². The Labute approximate surface area is 94.4 Å². The van der Waals surface area contributed by atoms with Crippen LogP contribution in [0.25, 0.3) is 0 Å². The first-order valence-corrected chi connectivity index (χ1v) is 5.16. The van der Waals surface area contributed by atoms with Crippen molar-refractivity contribution in [2.24, 2.45) is 0 Å². The second-order valence-corrected chi connectivity index (χ2v) is 4.73. The average molecular weight is 232 g/mol. The van der Waals surface area contributed by atoms with Gasteiger partial charge in [0.05, 0.1) is 17.9 Å². The van der Waals surface area contributed by atoms with E-state index < -0.39 is 6.17 Å². The third-order valence-electron chi connectivity index (χ3n) is 1.73. The van der Waals surface area contributed by atoms with Crippen LogP contribution in [0.3, 0.4) is 0 Å². The highest BCUT2D eigenvalue weighted by atomic mass is 35.5. The summed E-state index contributed by atoms with van der Waals surface area (Å²) >= 11 is 5.73. The van der Waals surface area contributed by atoms with Crippen LogP contribution in [-0.4, -0.2) is 17.2 Å². The molecule has 0 aliphatic carbocycles. The zero-order valence-electron chi connectivity index (χ0n) is 9.13. The van der Waals surface area contributed by atoms with E-state index in [-0.39, 0.29) is 12.2 Å². The van der Waals surface area contributed by atoms with Crippen LogP contribution in [0, 0.1) is 0 Å². The Morgan fingerprint density at radius 3 is 2.73 bits per heavy atom. The molecule has 2 nitrogen and oxygen atoms in total. The predicted octanol–water partition coefficient (Wildman–Crippen LogP) is 3.56. The van der Waals surface area contributed by atoms with Gasteiger partial charge in [0.2, 0.25) is 0 Å². The van der Waals surface area contributed by atoms with Gasteiger partial charge in [0.25, 0.3) is 0 Å². The molecule has 0 aliphatic heterocycles. The molecule has 1 heterocycles. The number of alkyl halides is 1. The van der Waals surface area contributed by atoms with E-state index in [1.165, 1.54) is 12.3 Å². The van der Waals surface area contributed by atoms with Crippen LogP contribution in [-0.2, 0) is 4.74 Å². The first-order chi connectivity index (χ1) is 6.88. The fourth-order valence-electron chi connectivity index (χ4n) is 1.00. The minimum absolute atomic E-state index is 0.00313. The monoisotopic (exact) mass is 231 g/mol. The summed E-state index contributed by atoms with van der Waals surface area (Å²) in [5.74, 6) is 0. The molecule has 4 heteroatoms. The largest absolute Gasteiger partial charge is 0.372 e. The number of aromatic nitrogens is 1. The van der Waals surface area contributed by atoms with Gasteiger partial charge in [0.15, 0.2) is 6.17 Å². The van der Waals surface area contributed by atoms with Gasteiger partial charge in [-0.15, -0.1) is 0 Å². The van der Waals surface area contributed by atoms with Crippen LogP contribution in [0.2, 0.25) is 5.02 Å². The Hall–Kier alpha value is -0.670. The first-order valence-electron chi connectivity index (χ1n) is 4.78. The Kier molecular flexibility index (Phi) is 4.05. The van der Waals surface area contributed by atoms with Crippen molar-refractivity contribution in [2.75, 3.05) is 6.61 Å². The molecule has 15 heavy (non-hydrogen) atoms. The molecule has 0 aliphatic rings. The molecule has 0 aromatic carbocycles. The van der Waals surface area contributed by atoms with Crippen molar-refractivity contribution >= 4 is 11.6 Å². The molecule has 0 saturated heterocycles. The van der Waals surface area contributed by atoms with E-state index in [1.54, 1.807) is 6.07 Å². The van der Waals surface area contributed by atoms with Crippen LogP contribution in [0.5, 0.6) is 0 Å². The molecule has 0 bridgehead atoms. The lowest BCUT2D eigenvalue weighted by Gasteiger charge is -2.20. The molecular formula is C11H15ClFNO. The van der Waals surface area contributed by atoms with Gasteiger partial charge in [-0.2, -0.15) is 0 Å². The number of nitrogens with zero attached hydrogens (tertiary/aromatic N) is 1. The smallest absolute Gasteiger partial charge is 0.165 e. The molecule has 0 radical (unpaired) electrons. The molecule has 0 unspecified atom stereocenters. The Morgan fingerprint density at radius 1 is 1.53 bits per heavy atom. The molecule has 84 valence electrons. The van der Waals surface area contributed by atoms with Crippen molar-refractivity contribution < 1.29 is 9.13 Å². The van der Waals surface area contributed by atoms with Gasteiger partial charge in [-0.1, -0.05) is 11.6 Å². The molecule has 1 aromatic heterocycles. The zero-order valence-corrected chi connectivity index (χ0v) is 9.88. The Balaban J connectivity index is 2.58. The van der Waals surface area contributed by atoms with Gasteiger partial charge in [-0.05, 0) is 32.9 Å². The quantitative estimate of drug-likeness (QED) is 0.794. The topological polar surface area (TPSA) is 22.1 Å².